The van der Waals surface area contributed by atoms with Crippen LogP contribution in [-0.2, 0) is 16.0 Å². The van der Waals surface area contributed by atoms with Crippen molar-refractivity contribution in [3.05, 3.63) is 36.2 Å². The standard InChI is InChI=1S/C21H28N4O3/c26-20(7-6-19-22-23-21(28-19)18-4-2-1-3-5-18)25-10-8-17(9-11-25)16-24-12-14-27-15-13-24/h1-5,17H,6-16H2. The van der Waals surface area contributed by atoms with E-state index in [0.717, 1.165) is 64.3 Å². The van der Waals surface area contributed by atoms with Crippen LogP contribution in [0.5, 0.6) is 0 Å². The van der Waals surface area contributed by atoms with Gasteiger partial charge >= 0.3 is 0 Å². The number of carbonyl (C=O) groups is 1. The highest BCUT2D eigenvalue weighted by molar-refractivity contribution is 5.76. The zero-order valence-electron chi connectivity index (χ0n) is 16.3. The maximum Gasteiger partial charge on any atom is 0.247 e. The molecular formula is C21H28N4O3. The number of benzene rings is 1. The summed E-state index contributed by atoms with van der Waals surface area (Å²) in [6, 6.07) is 9.69. The van der Waals surface area contributed by atoms with Crippen molar-refractivity contribution in [3.63, 3.8) is 0 Å². The second-order valence-electron chi connectivity index (χ2n) is 7.60. The van der Waals surface area contributed by atoms with Gasteiger partial charge < -0.3 is 14.1 Å². The first kappa shape index (κ1) is 19.1. The Kier molecular flexibility index (Phi) is 6.34. The van der Waals surface area contributed by atoms with E-state index in [-0.39, 0.29) is 5.91 Å². The average Bonchev–Trinajstić information content (AvgIpc) is 3.23. The van der Waals surface area contributed by atoms with Gasteiger partial charge in [-0.1, -0.05) is 18.2 Å². The Morgan fingerprint density at radius 1 is 1.04 bits per heavy atom. The van der Waals surface area contributed by atoms with E-state index in [0.29, 0.717) is 30.5 Å². The molecule has 2 saturated heterocycles. The van der Waals surface area contributed by atoms with Crippen LogP contribution >= 0.6 is 0 Å². The number of likely N-dealkylation sites (tertiary alicyclic amines) is 1. The fourth-order valence-corrected chi connectivity index (χ4v) is 3.94. The van der Waals surface area contributed by atoms with Gasteiger partial charge in [-0.05, 0) is 30.9 Å². The Morgan fingerprint density at radius 3 is 2.54 bits per heavy atom. The number of aryl methyl sites for hydroxylation is 1. The third kappa shape index (κ3) is 4.97. The predicted octanol–water partition coefficient (Wildman–Crippen LogP) is 2.24. The van der Waals surface area contributed by atoms with Crippen LogP contribution in [0.4, 0.5) is 0 Å². The Hall–Kier alpha value is -2.25. The Balaban J connectivity index is 1.20. The van der Waals surface area contributed by atoms with E-state index >= 15 is 0 Å². The molecule has 2 aromatic rings. The lowest BCUT2D eigenvalue weighted by Gasteiger charge is -2.36. The second-order valence-corrected chi connectivity index (χ2v) is 7.60. The van der Waals surface area contributed by atoms with Crippen LogP contribution in [0.1, 0.15) is 25.2 Å². The van der Waals surface area contributed by atoms with Gasteiger partial charge in [-0.15, -0.1) is 10.2 Å². The zero-order valence-corrected chi connectivity index (χ0v) is 16.3. The summed E-state index contributed by atoms with van der Waals surface area (Å²) in [4.78, 5) is 17.0. The Labute approximate surface area is 165 Å². The lowest BCUT2D eigenvalue weighted by atomic mass is 9.95. The smallest absolute Gasteiger partial charge is 0.247 e. The highest BCUT2D eigenvalue weighted by Gasteiger charge is 2.25. The van der Waals surface area contributed by atoms with Gasteiger partial charge in [-0.3, -0.25) is 9.69 Å². The Morgan fingerprint density at radius 2 is 1.79 bits per heavy atom. The average molecular weight is 384 g/mol. The largest absolute Gasteiger partial charge is 0.421 e. The summed E-state index contributed by atoms with van der Waals surface area (Å²) >= 11 is 0. The molecule has 0 radical (unpaired) electrons. The minimum Gasteiger partial charge on any atom is -0.421 e. The van der Waals surface area contributed by atoms with Gasteiger partial charge in [0.1, 0.15) is 0 Å². The minimum absolute atomic E-state index is 0.185. The molecule has 0 unspecified atom stereocenters. The number of aromatic nitrogens is 2. The molecule has 0 saturated carbocycles. The topological polar surface area (TPSA) is 71.7 Å². The molecule has 0 N–H and O–H groups in total. The van der Waals surface area contributed by atoms with Gasteiger partial charge in [0.2, 0.25) is 17.7 Å². The molecule has 1 aromatic carbocycles. The molecule has 0 bridgehead atoms. The monoisotopic (exact) mass is 384 g/mol. The van der Waals surface area contributed by atoms with E-state index < -0.39 is 0 Å². The minimum atomic E-state index is 0.185. The molecule has 4 rings (SSSR count). The van der Waals surface area contributed by atoms with Crippen molar-refractivity contribution >= 4 is 5.91 Å². The van der Waals surface area contributed by atoms with Gasteiger partial charge in [0.25, 0.3) is 0 Å². The van der Waals surface area contributed by atoms with Crippen molar-refractivity contribution in [2.45, 2.75) is 25.7 Å². The van der Waals surface area contributed by atoms with Crippen LogP contribution in [0.2, 0.25) is 0 Å². The van der Waals surface area contributed by atoms with Crippen LogP contribution in [0.3, 0.4) is 0 Å². The summed E-state index contributed by atoms with van der Waals surface area (Å²) in [5, 5.41) is 8.17. The molecule has 2 aliphatic heterocycles. The van der Waals surface area contributed by atoms with E-state index in [2.05, 4.69) is 15.1 Å². The van der Waals surface area contributed by atoms with E-state index in [1.165, 1.54) is 0 Å². The molecule has 0 aliphatic carbocycles. The molecule has 2 aliphatic rings. The third-order valence-electron chi connectivity index (χ3n) is 5.63. The molecule has 7 heteroatoms. The molecule has 3 heterocycles. The van der Waals surface area contributed by atoms with Crippen molar-refractivity contribution in [3.8, 4) is 11.5 Å². The first-order chi connectivity index (χ1) is 13.8. The van der Waals surface area contributed by atoms with Gasteiger partial charge in [0, 0.05) is 51.1 Å². The second kappa shape index (κ2) is 9.30. The first-order valence-electron chi connectivity index (χ1n) is 10.2. The third-order valence-corrected chi connectivity index (χ3v) is 5.63. The molecular weight excluding hydrogens is 356 g/mol. The predicted molar refractivity (Wildman–Crippen MR) is 105 cm³/mol. The van der Waals surface area contributed by atoms with Crippen molar-refractivity contribution in [2.75, 3.05) is 45.9 Å². The maximum atomic E-state index is 12.6. The number of rotatable bonds is 6. The summed E-state index contributed by atoms with van der Waals surface area (Å²) < 4.78 is 11.1. The molecule has 0 spiro atoms. The van der Waals surface area contributed by atoms with Crippen LogP contribution in [0.15, 0.2) is 34.7 Å². The van der Waals surface area contributed by atoms with Crippen LogP contribution in [-0.4, -0.2) is 71.8 Å². The number of hydrogen-bond acceptors (Lipinski definition) is 6. The van der Waals surface area contributed by atoms with Crippen molar-refractivity contribution in [1.82, 2.24) is 20.0 Å². The fraction of sp³-hybridized carbons (Fsp3) is 0.571. The van der Waals surface area contributed by atoms with Crippen LogP contribution in [0, 0.1) is 5.92 Å². The number of piperidine rings is 1. The van der Waals surface area contributed by atoms with E-state index in [1.807, 2.05) is 35.2 Å². The lowest BCUT2D eigenvalue weighted by Crippen LogP contribution is -2.44. The van der Waals surface area contributed by atoms with E-state index in [1.54, 1.807) is 0 Å². The van der Waals surface area contributed by atoms with Crippen LogP contribution < -0.4 is 0 Å². The van der Waals surface area contributed by atoms with Gasteiger partial charge in [0.05, 0.1) is 13.2 Å². The molecule has 1 amide bonds. The number of amides is 1. The van der Waals surface area contributed by atoms with Gasteiger partial charge in [-0.25, -0.2) is 0 Å². The van der Waals surface area contributed by atoms with Crippen LogP contribution in [0.25, 0.3) is 11.5 Å². The molecule has 1 aromatic heterocycles. The fourth-order valence-electron chi connectivity index (χ4n) is 3.94. The maximum absolute atomic E-state index is 12.6. The molecule has 2 fully saturated rings. The highest BCUT2D eigenvalue weighted by Crippen LogP contribution is 2.21. The Bertz CT molecular complexity index is 750. The number of morpholine rings is 1. The van der Waals surface area contributed by atoms with E-state index in [9.17, 15) is 4.79 Å². The summed E-state index contributed by atoms with van der Waals surface area (Å²) in [6.45, 7) is 6.61. The molecule has 150 valence electrons. The van der Waals surface area contributed by atoms with Gasteiger partial charge in [0.15, 0.2) is 0 Å². The number of hydrogen-bond donors (Lipinski definition) is 0. The summed E-state index contributed by atoms with van der Waals surface area (Å²) in [5.74, 6) is 1.90. The highest BCUT2D eigenvalue weighted by atomic mass is 16.5. The molecule has 0 atom stereocenters. The summed E-state index contributed by atoms with van der Waals surface area (Å²) in [7, 11) is 0. The number of nitrogens with zero attached hydrogens (tertiary/aromatic N) is 4. The SMILES string of the molecule is O=C(CCc1nnc(-c2ccccc2)o1)N1CCC(CN2CCOCC2)CC1. The normalized spacial score (nSPS) is 19.1. The molecule has 7 nitrogen and oxygen atoms in total. The van der Waals surface area contributed by atoms with Crippen molar-refractivity contribution in [1.29, 1.82) is 0 Å². The quantitative estimate of drug-likeness (QED) is 0.761. The van der Waals surface area contributed by atoms with Gasteiger partial charge in [-0.2, -0.15) is 0 Å². The summed E-state index contributed by atoms with van der Waals surface area (Å²) in [6.07, 6.45) is 3.08. The first-order valence-corrected chi connectivity index (χ1v) is 10.2. The van der Waals surface area contributed by atoms with E-state index in [4.69, 9.17) is 9.15 Å². The lowest BCUT2D eigenvalue weighted by molar-refractivity contribution is -0.132. The number of carbonyl (C=O) groups excluding carboxylic acids is 1. The summed E-state index contributed by atoms with van der Waals surface area (Å²) in [5.41, 5.74) is 0.898. The number of ether oxygens (including phenoxy) is 1. The van der Waals surface area contributed by atoms with Crippen molar-refractivity contribution < 1.29 is 13.9 Å². The molecule has 28 heavy (non-hydrogen) atoms. The zero-order chi connectivity index (χ0) is 19.2. The van der Waals surface area contributed by atoms with Crippen molar-refractivity contribution in [2.24, 2.45) is 5.92 Å².